The van der Waals surface area contributed by atoms with Gasteiger partial charge in [-0.3, -0.25) is 9.59 Å². The molecule has 2 aromatic rings. The minimum absolute atomic E-state index is 0.0103. The molecule has 2 aliphatic rings. The molecule has 9 nitrogen and oxygen atoms in total. The number of anilines is 1. The number of carbonyl (C=O) groups excluding carboxylic acids is 3. The van der Waals surface area contributed by atoms with Gasteiger partial charge in [0.25, 0.3) is 0 Å². The number of ether oxygens (including phenoxy) is 2. The molecule has 3 N–H and O–H groups in total. The van der Waals surface area contributed by atoms with Crippen LogP contribution in [-0.2, 0) is 31.1 Å². The predicted molar refractivity (Wildman–Crippen MR) is 159 cm³/mol. The van der Waals surface area contributed by atoms with E-state index in [-0.39, 0.29) is 17.9 Å². The van der Waals surface area contributed by atoms with Gasteiger partial charge in [0, 0.05) is 30.7 Å². The summed E-state index contributed by atoms with van der Waals surface area (Å²) in [5, 5.41) is 8.98. The van der Waals surface area contributed by atoms with Gasteiger partial charge < -0.3 is 30.3 Å². The van der Waals surface area contributed by atoms with E-state index in [1.54, 1.807) is 34.6 Å². The van der Waals surface area contributed by atoms with E-state index in [2.05, 4.69) is 34.1 Å². The summed E-state index contributed by atoms with van der Waals surface area (Å²) in [6.45, 7) is 10.8. The number of carbonyl (C=O) groups is 3. The second-order valence-corrected chi connectivity index (χ2v) is 12.6. The Balaban J connectivity index is 1.44. The van der Waals surface area contributed by atoms with Crippen molar-refractivity contribution in [3.05, 3.63) is 65.7 Å². The molecule has 1 atom stereocenters. The van der Waals surface area contributed by atoms with E-state index in [9.17, 15) is 14.4 Å². The summed E-state index contributed by atoms with van der Waals surface area (Å²) in [7, 11) is 0. The van der Waals surface area contributed by atoms with Crippen molar-refractivity contribution in [2.75, 3.05) is 31.6 Å². The van der Waals surface area contributed by atoms with Gasteiger partial charge in [0.05, 0.1) is 13.2 Å². The number of hydrogen-bond acceptors (Lipinski definition) is 6. The number of benzene rings is 2. The molecule has 1 unspecified atom stereocenters. The number of rotatable bonds is 8. The third-order valence-corrected chi connectivity index (χ3v) is 7.83. The minimum Gasteiger partial charge on any atom is -0.444 e. The molecule has 0 aliphatic carbocycles. The maximum atomic E-state index is 13.8. The topological polar surface area (TPSA) is 109 Å². The number of fused-ring (bicyclic) bond motifs is 2. The third-order valence-electron chi connectivity index (χ3n) is 7.83. The molecule has 1 spiro atoms. The van der Waals surface area contributed by atoms with Gasteiger partial charge >= 0.3 is 6.09 Å². The smallest absolute Gasteiger partial charge is 0.408 e. The van der Waals surface area contributed by atoms with Crippen LogP contribution in [0.1, 0.15) is 65.0 Å². The largest absolute Gasteiger partial charge is 0.444 e. The maximum absolute atomic E-state index is 13.8. The van der Waals surface area contributed by atoms with Gasteiger partial charge in [-0.15, -0.1) is 0 Å². The van der Waals surface area contributed by atoms with Gasteiger partial charge in [0.2, 0.25) is 11.8 Å². The van der Waals surface area contributed by atoms with Crippen LogP contribution in [0.5, 0.6) is 0 Å². The fraction of sp³-hybridized carbons (Fsp3) is 0.531. The van der Waals surface area contributed by atoms with E-state index in [1.165, 1.54) is 11.3 Å². The average Bonchev–Trinajstić information content (AvgIpc) is 2.92. The second-order valence-electron chi connectivity index (χ2n) is 12.6. The van der Waals surface area contributed by atoms with Crippen LogP contribution in [0.2, 0.25) is 0 Å². The van der Waals surface area contributed by atoms with Crippen molar-refractivity contribution in [3.63, 3.8) is 0 Å². The Bertz CT molecular complexity index is 1220. The van der Waals surface area contributed by atoms with E-state index >= 15 is 0 Å². The van der Waals surface area contributed by atoms with Gasteiger partial charge in [-0.2, -0.15) is 0 Å². The average molecular weight is 565 g/mol. The number of nitrogens with zero attached hydrogens (tertiary/aromatic N) is 1. The molecule has 1 fully saturated rings. The first-order chi connectivity index (χ1) is 19.4. The Kier molecular flexibility index (Phi) is 9.27. The summed E-state index contributed by atoms with van der Waals surface area (Å²) in [6, 6.07) is 17.2. The molecule has 2 aromatic carbocycles. The second kappa shape index (κ2) is 12.5. The number of amides is 3. The van der Waals surface area contributed by atoms with Gasteiger partial charge in [-0.1, -0.05) is 48.5 Å². The first kappa shape index (κ1) is 30.4. The Labute approximate surface area is 243 Å². The molecule has 9 heteroatoms. The molecular formula is C32H44N4O5. The SMILES string of the molecule is CC(C)(C)OC(=O)NC(C)(C)C(=O)NC(COCc1ccccc1)C(=O)N1CCC2(CCNc3ccccc32)CC1. The highest BCUT2D eigenvalue weighted by atomic mass is 16.6. The zero-order valence-electron chi connectivity index (χ0n) is 24.9. The molecule has 3 amide bonds. The molecule has 4 rings (SSSR count). The fourth-order valence-corrected chi connectivity index (χ4v) is 5.56. The summed E-state index contributed by atoms with van der Waals surface area (Å²) in [6.07, 6.45) is 2.03. The van der Waals surface area contributed by atoms with Gasteiger partial charge in [-0.25, -0.2) is 4.79 Å². The Morgan fingerprint density at radius 1 is 0.951 bits per heavy atom. The van der Waals surface area contributed by atoms with Crippen LogP contribution in [0.15, 0.2) is 54.6 Å². The van der Waals surface area contributed by atoms with Crippen LogP contribution in [0.4, 0.5) is 10.5 Å². The lowest BCUT2D eigenvalue weighted by molar-refractivity contribution is -0.141. The molecule has 0 aromatic heterocycles. The number of para-hydroxylation sites is 1. The molecule has 2 aliphatic heterocycles. The van der Waals surface area contributed by atoms with E-state index in [0.29, 0.717) is 19.7 Å². The Morgan fingerprint density at radius 3 is 2.29 bits per heavy atom. The van der Waals surface area contributed by atoms with Gasteiger partial charge in [0.15, 0.2) is 0 Å². The lowest BCUT2D eigenvalue weighted by atomic mass is 9.68. The van der Waals surface area contributed by atoms with Crippen molar-refractivity contribution in [2.45, 2.75) is 83.1 Å². The number of hydrogen-bond donors (Lipinski definition) is 3. The molecule has 1 saturated heterocycles. The summed E-state index contributed by atoms with van der Waals surface area (Å²) in [5.41, 5.74) is 1.50. The van der Waals surface area contributed by atoms with Crippen LogP contribution in [-0.4, -0.2) is 66.2 Å². The standard InChI is InChI=1S/C32H44N4O5/c1-30(2,3)41-29(39)35-31(4,5)28(38)34-26(22-40-21-23-11-7-6-8-12-23)27(37)36-19-16-32(17-20-36)15-18-33-25-14-10-9-13-24(25)32/h6-14,26,33H,15-22H2,1-5H3,(H,34,38)(H,35,39). The fourth-order valence-electron chi connectivity index (χ4n) is 5.56. The summed E-state index contributed by atoms with van der Waals surface area (Å²) in [4.78, 5) is 41.4. The maximum Gasteiger partial charge on any atom is 0.408 e. The molecule has 222 valence electrons. The molecule has 2 heterocycles. The minimum atomic E-state index is -1.31. The summed E-state index contributed by atoms with van der Waals surface area (Å²) < 4.78 is 11.3. The van der Waals surface area contributed by atoms with E-state index in [1.807, 2.05) is 41.3 Å². The Hall–Kier alpha value is -3.59. The van der Waals surface area contributed by atoms with Crippen LogP contribution >= 0.6 is 0 Å². The summed E-state index contributed by atoms with van der Waals surface area (Å²) >= 11 is 0. The summed E-state index contributed by atoms with van der Waals surface area (Å²) in [5.74, 6) is -0.678. The van der Waals surface area contributed by atoms with Crippen molar-refractivity contribution in [2.24, 2.45) is 0 Å². The third kappa shape index (κ3) is 7.79. The predicted octanol–water partition coefficient (Wildman–Crippen LogP) is 4.37. The van der Waals surface area contributed by atoms with Gasteiger partial charge in [0.1, 0.15) is 17.2 Å². The normalized spacial score (nSPS) is 17.1. The number of nitrogens with one attached hydrogen (secondary N) is 3. The molecule has 0 saturated carbocycles. The molecular weight excluding hydrogens is 520 g/mol. The zero-order chi connectivity index (χ0) is 29.7. The van der Waals surface area contributed by atoms with Crippen molar-refractivity contribution >= 4 is 23.6 Å². The molecule has 41 heavy (non-hydrogen) atoms. The number of alkyl carbamates (subject to hydrolysis) is 1. The van der Waals surface area contributed by atoms with Crippen LogP contribution < -0.4 is 16.0 Å². The van der Waals surface area contributed by atoms with Crippen molar-refractivity contribution in [1.82, 2.24) is 15.5 Å². The highest BCUT2D eigenvalue weighted by Gasteiger charge is 2.42. The van der Waals surface area contributed by atoms with E-state index in [0.717, 1.165) is 31.4 Å². The zero-order valence-corrected chi connectivity index (χ0v) is 24.9. The van der Waals surface area contributed by atoms with Gasteiger partial charge in [-0.05, 0) is 71.1 Å². The first-order valence-corrected chi connectivity index (χ1v) is 14.4. The van der Waals surface area contributed by atoms with E-state index < -0.39 is 29.2 Å². The van der Waals surface area contributed by atoms with Crippen LogP contribution in [0.3, 0.4) is 0 Å². The van der Waals surface area contributed by atoms with Crippen molar-refractivity contribution in [3.8, 4) is 0 Å². The number of piperidine rings is 1. The van der Waals surface area contributed by atoms with Crippen LogP contribution in [0.25, 0.3) is 0 Å². The first-order valence-electron chi connectivity index (χ1n) is 14.4. The quantitative estimate of drug-likeness (QED) is 0.440. The Morgan fingerprint density at radius 2 is 1.61 bits per heavy atom. The van der Waals surface area contributed by atoms with Crippen LogP contribution in [0, 0.1) is 0 Å². The molecule has 0 radical (unpaired) electrons. The molecule has 0 bridgehead atoms. The lowest BCUT2D eigenvalue weighted by Gasteiger charge is -2.46. The highest BCUT2D eigenvalue weighted by Crippen LogP contribution is 2.44. The van der Waals surface area contributed by atoms with Crippen molar-refractivity contribution < 1.29 is 23.9 Å². The van der Waals surface area contributed by atoms with E-state index in [4.69, 9.17) is 9.47 Å². The van der Waals surface area contributed by atoms with Crippen molar-refractivity contribution in [1.29, 1.82) is 0 Å². The number of likely N-dealkylation sites (tertiary alicyclic amines) is 1. The monoisotopic (exact) mass is 564 g/mol. The lowest BCUT2D eigenvalue weighted by Crippen LogP contribution is -2.61. The highest BCUT2D eigenvalue weighted by molar-refractivity contribution is 5.93.